The molecule has 0 saturated heterocycles. The van der Waals surface area contributed by atoms with Gasteiger partial charge < -0.3 is 19.7 Å². The molecule has 0 atom stereocenters. The number of nitrogens with one attached hydrogen (secondary N) is 1. The van der Waals surface area contributed by atoms with E-state index in [2.05, 4.69) is 50.2 Å². The van der Waals surface area contributed by atoms with Gasteiger partial charge in [-0.25, -0.2) is 0 Å². The molecule has 19 heavy (non-hydrogen) atoms. The van der Waals surface area contributed by atoms with E-state index in [1.165, 1.54) is 11.1 Å². The average molecular weight is 264 g/mol. The fraction of sp³-hybridized carbons (Fsp3) is 0.600. The van der Waals surface area contributed by atoms with Gasteiger partial charge in [-0.15, -0.1) is 0 Å². The monoisotopic (exact) mass is 264 g/mol. The maximum absolute atomic E-state index is 5.44. The molecule has 1 aromatic carbocycles. The zero-order valence-electron chi connectivity index (χ0n) is 12.3. The van der Waals surface area contributed by atoms with Crippen LogP contribution >= 0.6 is 0 Å². The molecule has 0 aliphatic carbocycles. The maximum atomic E-state index is 5.44. The van der Waals surface area contributed by atoms with Gasteiger partial charge in [0, 0.05) is 25.7 Å². The Hall–Kier alpha value is -1.26. The lowest BCUT2D eigenvalue weighted by Gasteiger charge is -2.19. The van der Waals surface area contributed by atoms with Gasteiger partial charge in [-0.1, -0.05) is 13.8 Å². The van der Waals surface area contributed by atoms with Gasteiger partial charge in [0.15, 0.2) is 11.5 Å². The summed E-state index contributed by atoms with van der Waals surface area (Å²) in [5, 5.41) is 3.43. The Labute approximate surface area is 115 Å². The zero-order chi connectivity index (χ0) is 13.8. The summed E-state index contributed by atoms with van der Waals surface area (Å²) >= 11 is 0. The standard InChI is InChI=1S/C15H24N2O2/c1-11(2)16-5-6-17(4)9-13-8-15-14(7-12(13)3)18-10-19-15/h7-8,11,16H,5-6,9-10H2,1-4H3. The summed E-state index contributed by atoms with van der Waals surface area (Å²) < 4.78 is 10.8. The first-order valence-corrected chi connectivity index (χ1v) is 6.87. The van der Waals surface area contributed by atoms with Crippen molar-refractivity contribution in [3.63, 3.8) is 0 Å². The third-order valence-electron chi connectivity index (χ3n) is 3.32. The molecule has 1 aliphatic rings. The Morgan fingerprint density at radius 3 is 2.63 bits per heavy atom. The summed E-state index contributed by atoms with van der Waals surface area (Å²) in [4.78, 5) is 2.32. The number of ether oxygens (including phenoxy) is 2. The van der Waals surface area contributed by atoms with Crippen molar-refractivity contribution in [1.29, 1.82) is 0 Å². The number of fused-ring (bicyclic) bond motifs is 1. The Morgan fingerprint density at radius 1 is 1.26 bits per heavy atom. The molecule has 0 unspecified atom stereocenters. The Bertz CT molecular complexity index is 432. The number of likely N-dealkylation sites (N-methyl/N-ethyl adjacent to an activating group) is 1. The first kappa shape index (κ1) is 14.2. The Kier molecular flexibility index (Phi) is 4.66. The van der Waals surface area contributed by atoms with Crippen LogP contribution in [0.5, 0.6) is 11.5 Å². The molecule has 4 nitrogen and oxygen atoms in total. The molecule has 0 spiro atoms. The summed E-state index contributed by atoms with van der Waals surface area (Å²) in [6.45, 7) is 9.78. The van der Waals surface area contributed by atoms with E-state index in [1.807, 2.05) is 0 Å². The van der Waals surface area contributed by atoms with Gasteiger partial charge >= 0.3 is 0 Å². The van der Waals surface area contributed by atoms with E-state index in [9.17, 15) is 0 Å². The molecule has 1 heterocycles. The lowest BCUT2D eigenvalue weighted by atomic mass is 10.1. The predicted molar refractivity (Wildman–Crippen MR) is 76.8 cm³/mol. The van der Waals surface area contributed by atoms with Crippen molar-refractivity contribution in [2.75, 3.05) is 26.9 Å². The average Bonchev–Trinajstić information content (AvgIpc) is 2.76. The van der Waals surface area contributed by atoms with E-state index in [1.54, 1.807) is 0 Å². The number of benzene rings is 1. The molecule has 0 amide bonds. The third-order valence-corrected chi connectivity index (χ3v) is 3.32. The first-order valence-electron chi connectivity index (χ1n) is 6.87. The van der Waals surface area contributed by atoms with E-state index in [0.717, 1.165) is 31.1 Å². The lowest BCUT2D eigenvalue weighted by molar-refractivity contribution is 0.174. The fourth-order valence-corrected chi connectivity index (χ4v) is 2.17. The van der Waals surface area contributed by atoms with Crippen molar-refractivity contribution in [2.45, 2.75) is 33.4 Å². The number of nitrogens with zero attached hydrogens (tertiary/aromatic N) is 1. The maximum Gasteiger partial charge on any atom is 0.231 e. The highest BCUT2D eigenvalue weighted by Crippen LogP contribution is 2.34. The van der Waals surface area contributed by atoms with Crippen LogP contribution in [0.25, 0.3) is 0 Å². The third kappa shape index (κ3) is 3.85. The summed E-state index contributed by atoms with van der Waals surface area (Å²) in [6.07, 6.45) is 0. The van der Waals surface area contributed by atoms with Crippen LogP contribution in [0.3, 0.4) is 0 Å². The molecule has 106 valence electrons. The van der Waals surface area contributed by atoms with Crippen LogP contribution in [0.2, 0.25) is 0 Å². The summed E-state index contributed by atoms with van der Waals surface area (Å²) in [5.74, 6) is 1.74. The van der Waals surface area contributed by atoms with Gasteiger partial charge in [0.25, 0.3) is 0 Å². The van der Waals surface area contributed by atoms with E-state index in [4.69, 9.17) is 9.47 Å². The van der Waals surface area contributed by atoms with E-state index in [-0.39, 0.29) is 0 Å². The van der Waals surface area contributed by atoms with Crippen LogP contribution in [0.15, 0.2) is 12.1 Å². The van der Waals surface area contributed by atoms with Crippen LogP contribution in [-0.2, 0) is 6.54 Å². The smallest absolute Gasteiger partial charge is 0.231 e. The molecular formula is C15H24N2O2. The molecule has 0 aromatic heterocycles. The second kappa shape index (κ2) is 6.26. The topological polar surface area (TPSA) is 33.7 Å². The largest absolute Gasteiger partial charge is 0.454 e. The fourth-order valence-electron chi connectivity index (χ4n) is 2.17. The van der Waals surface area contributed by atoms with Crippen molar-refractivity contribution < 1.29 is 9.47 Å². The summed E-state index contributed by atoms with van der Waals surface area (Å²) in [6, 6.07) is 4.71. The Morgan fingerprint density at radius 2 is 1.95 bits per heavy atom. The number of aryl methyl sites for hydroxylation is 1. The highest BCUT2D eigenvalue weighted by molar-refractivity contribution is 5.48. The first-order chi connectivity index (χ1) is 9.06. The van der Waals surface area contributed by atoms with E-state index < -0.39 is 0 Å². The normalized spacial score (nSPS) is 13.6. The Balaban J connectivity index is 1.91. The molecule has 1 aromatic rings. The lowest BCUT2D eigenvalue weighted by Crippen LogP contribution is -2.32. The van der Waals surface area contributed by atoms with Crippen molar-refractivity contribution in [1.82, 2.24) is 10.2 Å². The van der Waals surface area contributed by atoms with Crippen molar-refractivity contribution in [2.24, 2.45) is 0 Å². The minimum atomic E-state index is 0.340. The summed E-state index contributed by atoms with van der Waals surface area (Å²) in [7, 11) is 2.14. The summed E-state index contributed by atoms with van der Waals surface area (Å²) in [5.41, 5.74) is 2.56. The van der Waals surface area contributed by atoms with Crippen molar-refractivity contribution in [3.05, 3.63) is 23.3 Å². The molecule has 1 N–H and O–H groups in total. The molecule has 4 heteroatoms. The molecule has 2 rings (SSSR count). The second-order valence-corrected chi connectivity index (χ2v) is 5.48. The van der Waals surface area contributed by atoms with Crippen LogP contribution in [0, 0.1) is 6.92 Å². The van der Waals surface area contributed by atoms with Gasteiger partial charge in [-0.3, -0.25) is 0 Å². The SMILES string of the molecule is Cc1cc2c(cc1CN(C)CCNC(C)C)OCO2. The number of hydrogen-bond donors (Lipinski definition) is 1. The van der Waals surface area contributed by atoms with Gasteiger partial charge in [0.1, 0.15) is 0 Å². The molecule has 0 bridgehead atoms. The molecule has 0 fully saturated rings. The minimum Gasteiger partial charge on any atom is -0.454 e. The predicted octanol–water partition coefficient (Wildman–Crippen LogP) is 2.15. The van der Waals surface area contributed by atoms with Gasteiger partial charge in [0.2, 0.25) is 6.79 Å². The minimum absolute atomic E-state index is 0.340. The highest BCUT2D eigenvalue weighted by Gasteiger charge is 2.16. The second-order valence-electron chi connectivity index (χ2n) is 5.48. The van der Waals surface area contributed by atoms with E-state index >= 15 is 0 Å². The van der Waals surface area contributed by atoms with Gasteiger partial charge in [0.05, 0.1) is 0 Å². The van der Waals surface area contributed by atoms with Crippen LogP contribution in [0.1, 0.15) is 25.0 Å². The van der Waals surface area contributed by atoms with Gasteiger partial charge in [-0.05, 0) is 37.2 Å². The van der Waals surface area contributed by atoms with Crippen LogP contribution in [0.4, 0.5) is 0 Å². The quantitative estimate of drug-likeness (QED) is 0.853. The number of rotatable bonds is 6. The molecule has 0 saturated carbocycles. The zero-order valence-corrected chi connectivity index (χ0v) is 12.3. The molecular weight excluding hydrogens is 240 g/mol. The van der Waals surface area contributed by atoms with Crippen molar-refractivity contribution in [3.8, 4) is 11.5 Å². The highest BCUT2D eigenvalue weighted by atomic mass is 16.7. The van der Waals surface area contributed by atoms with Crippen LogP contribution < -0.4 is 14.8 Å². The van der Waals surface area contributed by atoms with Gasteiger partial charge in [-0.2, -0.15) is 0 Å². The molecule has 1 aliphatic heterocycles. The number of hydrogen-bond acceptors (Lipinski definition) is 4. The molecule has 0 radical (unpaired) electrons. The van der Waals surface area contributed by atoms with Crippen molar-refractivity contribution >= 4 is 0 Å². The van der Waals surface area contributed by atoms with E-state index in [0.29, 0.717) is 12.8 Å². The van der Waals surface area contributed by atoms with Crippen LogP contribution in [-0.4, -0.2) is 37.9 Å².